The van der Waals surface area contributed by atoms with Crippen LogP contribution < -0.4 is 15.4 Å². The average molecular weight is 419 g/mol. The van der Waals surface area contributed by atoms with Gasteiger partial charge in [-0.1, -0.05) is 42.5 Å². The van der Waals surface area contributed by atoms with Crippen LogP contribution in [0.4, 0.5) is 4.79 Å². The molecule has 0 spiro atoms. The Morgan fingerprint density at radius 3 is 2.21 bits per heavy atom. The number of amides is 2. The molecule has 0 fully saturated rings. The minimum Gasteiger partial charge on any atom is -0.488 e. The maximum Gasteiger partial charge on any atom is 0.315 e. The highest BCUT2D eigenvalue weighted by Crippen LogP contribution is 2.18. The van der Waals surface area contributed by atoms with Gasteiger partial charge in [-0.25, -0.2) is 13.2 Å². The third kappa shape index (κ3) is 9.47. The summed E-state index contributed by atoms with van der Waals surface area (Å²) in [5.74, 6) is 0.842. The fraction of sp³-hybridized carbons (Fsp3) is 0.409. The van der Waals surface area contributed by atoms with Crippen LogP contribution in [0.15, 0.2) is 54.6 Å². The summed E-state index contributed by atoms with van der Waals surface area (Å²) >= 11 is 0. The lowest BCUT2D eigenvalue weighted by Gasteiger charge is -2.21. The van der Waals surface area contributed by atoms with Crippen molar-refractivity contribution < 1.29 is 17.9 Å². The Kier molecular flexibility index (Phi) is 8.08. The summed E-state index contributed by atoms with van der Waals surface area (Å²) < 4.78 is 30.0. The zero-order chi connectivity index (χ0) is 21.3. The van der Waals surface area contributed by atoms with Crippen LogP contribution in [-0.2, 0) is 22.1 Å². The smallest absolute Gasteiger partial charge is 0.315 e. The van der Waals surface area contributed by atoms with Crippen molar-refractivity contribution in [1.29, 1.82) is 0 Å². The average Bonchev–Trinajstić information content (AvgIpc) is 2.64. The molecule has 2 aromatic rings. The van der Waals surface area contributed by atoms with Crippen molar-refractivity contribution in [3.63, 3.8) is 0 Å². The molecule has 0 aliphatic carbocycles. The molecular formula is C22H30N2O4S. The Labute approximate surface area is 173 Å². The molecule has 2 rings (SSSR count). The van der Waals surface area contributed by atoms with Crippen LogP contribution in [0.2, 0.25) is 0 Å². The number of carbonyl (C=O) groups excluding carboxylic acids is 1. The van der Waals surface area contributed by atoms with Crippen LogP contribution in [0.5, 0.6) is 5.75 Å². The van der Waals surface area contributed by atoms with E-state index >= 15 is 0 Å². The predicted octanol–water partition coefficient (Wildman–Crippen LogP) is 3.67. The molecule has 0 saturated carbocycles. The van der Waals surface area contributed by atoms with E-state index < -0.39 is 9.84 Å². The first kappa shape index (κ1) is 22.7. The van der Waals surface area contributed by atoms with Gasteiger partial charge >= 0.3 is 6.03 Å². The van der Waals surface area contributed by atoms with Crippen LogP contribution in [0.3, 0.4) is 0 Å². The molecule has 0 radical (unpaired) electrons. The van der Waals surface area contributed by atoms with Crippen LogP contribution in [-0.4, -0.2) is 32.3 Å². The third-order valence-electron chi connectivity index (χ3n) is 3.95. The highest BCUT2D eigenvalue weighted by atomic mass is 32.2. The predicted molar refractivity (Wildman–Crippen MR) is 116 cm³/mol. The van der Waals surface area contributed by atoms with Gasteiger partial charge in [0.25, 0.3) is 0 Å². The summed E-state index contributed by atoms with van der Waals surface area (Å²) in [5, 5.41) is 5.46. The molecule has 6 nitrogen and oxygen atoms in total. The summed E-state index contributed by atoms with van der Waals surface area (Å²) in [6.45, 7) is 6.64. The Balaban J connectivity index is 1.66. The number of carbonyl (C=O) groups is 1. The van der Waals surface area contributed by atoms with Crippen molar-refractivity contribution in [1.82, 2.24) is 10.6 Å². The Morgan fingerprint density at radius 2 is 1.59 bits per heavy atom. The molecule has 2 N–H and O–H groups in total. The van der Waals surface area contributed by atoms with E-state index in [1.54, 1.807) is 12.1 Å². The zero-order valence-corrected chi connectivity index (χ0v) is 18.1. The highest BCUT2D eigenvalue weighted by Gasteiger charge is 2.12. The topological polar surface area (TPSA) is 84.5 Å². The van der Waals surface area contributed by atoms with E-state index in [1.807, 2.05) is 63.2 Å². The summed E-state index contributed by atoms with van der Waals surface area (Å²) in [7, 11) is -3.19. The first-order chi connectivity index (χ1) is 13.6. The number of rotatable bonds is 9. The number of urea groups is 1. The molecule has 0 bridgehead atoms. The molecule has 158 valence electrons. The molecule has 0 unspecified atom stereocenters. The molecule has 0 aromatic heterocycles. The number of sulfone groups is 1. The minimum absolute atomic E-state index is 0.0228. The molecule has 0 aliphatic heterocycles. The van der Waals surface area contributed by atoms with E-state index in [9.17, 15) is 13.2 Å². The maximum absolute atomic E-state index is 12.1. The summed E-state index contributed by atoms with van der Waals surface area (Å²) in [6, 6.07) is 16.3. The second kappa shape index (κ2) is 10.3. The Hall–Kier alpha value is -2.54. The van der Waals surface area contributed by atoms with E-state index in [-0.39, 0.29) is 23.1 Å². The van der Waals surface area contributed by atoms with Crippen molar-refractivity contribution >= 4 is 15.9 Å². The highest BCUT2D eigenvalue weighted by molar-refractivity contribution is 7.90. The molecule has 29 heavy (non-hydrogen) atoms. The van der Waals surface area contributed by atoms with Crippen molar-refractivity contribution in [3.05, 3.63) is 65.7 Å². The van der Waals surface area contributed by atoms with E-state index in [2.05, 4.69) is 10.6 Å². The van der Waals surface area contributed by atoms with Crippen molar-refractivity contribution in [2.75, 3.05) is 12.3 Å². The Bertz CT molecular complexity index is 873. The standard InChI is InChI=1S/C22H30N2O4S/c1-22(2,3)28-20-12-10-18(11-13-20)16-24-21(25)23-14-7-15-29(26,27)17-19-8-5-4-6-9-19/h4-6,8-13H,7,14-17H2,1-3H3,(H2,23,24,25). The number of hydrogen-bond acceptors (Lipinski definition) is 4. The van der Waals surface area contributed by atoms with Gasteiger partial charge in [-0.15, -0.1) is 0 Å². The van der Waals surface area contributed by atoms with Gasteiger partial charge in [0.2, 0.25) is 0 Å². The number of nitrogens with one attached hydrogen (secondary N) is 2. The van der Waals surface area contributed by atoms with Crippen LogP contribution >= 0.6 is 0 Å². The fourth-order valence-corrected chi connectivity index (χ4v) is 4.10. The lowest BCUT2D eigenvalue weighted by molar-refractivity contribution is 0.131. The second-order valence-electron chi connectivity index (χ2n) is 7.90. The van der Waals surface area contributed by atoms with Gasteiger partial charge in [-0.3, -0.25) is 0 Å². The molecule has 2 aromatic carbocycles. The lowest BCUT2D eigenvalue weighted by atomic mass is 10.1. The van der Waals surface area contributed by atoms with Crippen molar-refractivity contribution in [2.24, 2.45) is 0 Å². The second-order valence-corrected chi connectivity index (χ2v) is 10.1. The number of benzene rings is 2. The SMILES string of the molecule is CC(C)(C)Oc1ccc(CNC(=O)NCCCS(=O)(=O)Cc2ccccc2)cc1. The van der Waals surface area contributed by atoms with Crippen molar-refractivity contribution in [2.45, 2.75) is 45.1 Å². The third-order valence-corrected chi connectivity index (χ3v) is 5.63. The molecule has 0 saturated heterocycles. The zero-order valence-electron chi connectivity index (χ0n) is 17.3. The first-order valence-electron chi connectivity index (χ1n) is 9.67. The molecule has 0 atom stereocenters. The quantitative estimate of drug-likeness (QED) is 0.609. The minimum atomic E-state index is -3.19. The van der Waals surface area contributed by atoms with E-state index in [4.69, 9.17) is 4.74 Å². The van der Waals surface area contributed by atoms with Gasteiger partial charge in [0.1, 0.15) is 11.4 Å². The first-order valence-corrected chi connectivity index (χ1v) is 11.5. The van der Waals surface area contributed by atoms with Crippen LogP contribution in [0.1, 0.15) is 38.3 Å². The monoisotopic (exact) mass is 418 g/mol. The molecule has 0 heterocycles. The van der Waals surface area contributed by atoms with Gasteiger partial charge in [0, 0.05) is 13.1 Å². The van der Waals surface area contributed by atoms with Gasteiger partial charge in [0.15, 0.2) is 9.84 Å². The van der Waals surface area contributed by atoms with E-state index in [0.717, 1.165) is 16.9 Å². The summed E-state index contributed by atoms with van der Waals surface area (Å²) in [4.78, 5) is 11.9. The largest absolute Gasteiger partial charge is 0.488 e. The van der Waals surface area contributed by atoms with Crippen molar-refractivity contribution in [3.8, 4) is 5.75 Å². The summed E-state index contributed by atoms with van der Waals surface area (Å²) in [6.07, 6.45) is 0.376. The maximum atomic E-state index is 12.1. The lowest BCUT2D eigenvalue weighted by Crippen LogP contribution is -2.36. The molecule has 2 amide bonds. The molecule has 0 aliphatic rings. The van der Waals surface area contributed by atoms with Crippen LogP contribution in [0, 0.1) is 0 Å². The normalized spacial score (nSPS) is 11.7. The fourth-order valence-electron chi connectivity index (χ4n) is 2.67. The molecular weight excluding hydrogens is 388 g/mol. The van der Waals surface area contributed by atoms with Gasteiger partial charge < -0.3 is 15.4 Å². The van der Waals surface area contributed by atoms with Gasteiger partial charge in [-0.2, -0.15) is 0 Å². The van der Waals surface area contributed by atoms with Gasteiger partial charge in [-0.05, 0) is 50.5 Å². The van der Waals surface area contributed by atoms with E-state index in [0.29, 0.717) is 19.5 Å². The van der Waals surface area contributed by atoms with Crippen LogP contribution in [0.25, 0.3) is 0 Å². The molecule has 7 heteroatoms. The Morgan fingerprint density at radius 1 is 0.931 bits per heavy atom. The van der Waals surface area contributed by atoms with E-state index in [1.165, 1.54) is 0 Å². The number of hydrogen-bond donors (Lipinski definition) is 2. The van der Waals surface area contributed by atoms with Gasteiger partial charge in [0.05, 0.1) is 11.5 Å². The number of ether oxygens (including phenoxy) is 1. The summed E-state index contributed by atoms with van der Waals surface area (Å²) in [5.41, 5.74) is 1.47.